The average Bonchev–Trinajstić information content (AvgIpc) is 2.15. The topological polar surface area (TPSA) is 72.5 Å². The van der Waals surface area contributed by atoms with Gasteiger partial charge in [-0.2, -0.15) is 8.42 Å². The van der Waals surface area contributed by atoms with E-state index in [4.69, 9.17) is 15.4 Å². The number of hydrogen-bond acceptors (Lipinski definition) is 5. The number of amides is 1. The van der Waals surface area contributed by atoms with Crippen molar-refractivity contribution >= 4 is 37.8 Å². The van der Waals surface area contributed by atoms with Crippen molar-refractivity contribution in [3.8, 4) is 5.75 Å². The van der Waals surface area contributed by atoms with Crippen LogP contribution >= 0.6 is 22.4 Å². The number of halogens is 1. The van der Waals surface area contributed by atoms with Crippen molar-refractivity contribution < 1.29 is 17.9 Å². The number of ether oxygens (including phenoxy) is 1. The van der Waals surface area contributed by atoms with E-state index in [1.807, 2.05) is 0 Å². The minimum Gasteiger partial charge on any atom is -0.408 e. The average molecular weight is 282 g/mol. The summed E-state index contributed by atoms with van der Waals surface area (Å²) in [5.74, 6) is 0.271. The molecule has 0 saturated heterocycles. The predicted octanol–water partition coefficient (Wildman–Crippen LogP) is 1.98. The third kappa shape index (κ3) is 4.30. The van der Waals surface area contributed by atoms with Gasteiger partial charge in [0.15, 0.2) is 0 Å². The third-order valence-corrected chi connectivity index (χ3v) is 2.90. The van der Waals surface area contributed by atoms with Crippen molar-refractivity contribution in [2.45, 2.75) is 4.90 Å². The molecule has 0 spiro atoms. The normalized spacial score (nSPS) is 10.9. The van der Waals surface area contributed by atoms with Gasteiger partial charge in [0, 0.05) is 15.6 Å². The second kappa shape index (κ2) is 5.42. The van der Waals surface area contributed by atoms with E-state index in [0.717, 1.165) is 0 Å². The van der Waals surface area contributed by atoms with Crippen LogP contribution in [0.5, 0.6) is 5.75 Å². The second-order valence-electron chi connectivity index (χ2n) is 2.58. The molecule has 0 heterocycles. The molecule has 0 aliphatic rings. The minimum atomic E-state index is -4.12. The molecule has 0 aliphatic heterocycles. The van der Waals surface area contributed by atoms with Crippen LogP contribution in [0.2, 0.25) is 0 Å². The van der Waals surface area contributed by atoms with E-state index < -0.39 is 15.3 Å². The summed E-state index contributed by atoms with van der Waals surface area (Å²) in [6.07, 6.45) is 0.662. The first-order valence-corrected chi connectivity index (χ1v) is 7.53. The highest BCUT2D eigenvalue weighted by molar-refractivity contribution is 8.12. The minimum absolute atomic E-state index is 0.271. The fourth-order valence-electron chi connectivity index (χ4n) is 0.923. The van der Waals surface area contributed by atoms with Crippen molar-refractivity contribution in [2.75, 3.05) is 6.26 Å². The van der Waals surface area contributed by atoms with Crippen LogP contribution in [0.15, 0.2) is 29.2 Å². The van der Waals surface area contributed by atoms with Crippen molar-refractivity contribution in [3.05, 3.63) is 24.3 Å². The van der Waals surface area contributed by atoms with E-state index in [9.17, 15) is 13.2 Å². The molecule has 0 fully saturated rings. The molecule has 8 heteroatoms. The van der Waals surface area contributed by atoms with Gasteiger partial charge in [0.1, 0.15) is 5.75 Å². The van der Waals surface area contributed by atoms with Crippen LogP contribution in [-0.2, 0) is 9.24 Å². The molecule has 1 aromatic rings. The van der Waals surface area contributed by atoms with Gasteiger partial charge in [0.05, 0.1) is 0 Å². The third-order valence-electron chi connectivity index (χ3n) is 1.48. The molecule has 0 radical (unpaired) electrons. The largest absolute Gasteiger partial charge is 0.427 e. The zero-order valence-electron chi connectivity index (χ0n) is 8.14. The van der Waals surface area contributed by atoms with Gasteiger partial charge in [-0.3, -0.25) is 0 Å². The summed E-state index contributed by atoms with van der Waals surface area (Å²) >= 11 is 1.37. The lowest BCUT2D eigenvalue weighted by molar-refractivity contribution is 0.206. The quantitative estimate of drug-likeness (QED) is 0.677. The van der Waals surface area contributed by atoms with Gasteiger partial charge in [-0.1, -0.05) is 12.1 Å². The first kappa shape index (κ1) is 13.1. The van der Waals surface area contributed by atoms with Gasteiger partial charge >= 0.3 is 15.3 Å². The Morgan fingerprint density at radius 1 is 1.44 bits per heavy atom. The Morgan fingerprint density at radius 3 is 2.62 bits per heavy atom. The molecule has 0 aliphatic carbocycles. The van der Waals surface area contributed by atoms with Crippen LogP contribution < -0.4 is 9.46 Å². The molecule has 1 aromatic carbocycles. The van der Waals surface area contributed by atoms with E-state index in [-0.39, 0.29) is 5.75 Å². The number of rotatable bonds is 3. The summed E-state index contributed by atoms with van der Waals surface area (Å²) in [4.78, 5) is 11.8. The van der Waals surface area contributed by atoms with Gasteiger partial charge in [0.25, 0.3) is 0 Å². The lowest BCUT2D eigenvalue weighted by Gasteiger charge is -2.07. The molecule has 0 unspecified atom stereocenters. The number of carbonyl (C=O) groups excluding carboxylic acids is 1. The number of para-hydroxylation sites is 1. The Kier molecular flexibility index (Phi) is 4.45. The van der Waals surface area contributed by atoms with Crippen LogP contribution in [0.1, 0.15) is 0 Å². The second-order valence-corrected chi connectivity index (χ2v) is 5.73. The van der Waals surface area contributed by atoms with Gasteiger partial charge in [-0.05, 0) is 18.4 Å². The van der Waals surface area contributed by atoms with E-state index in [0.29, 0.717) is 4.90 Å². The molecule has 0 saturated carbocycles. The number of carbonyl (C=O) groups is 1. The maximum absolute atomic E-state index is 11.1. The zero-order chi connectivity index (χ0) is 12.2. The van der Waals surface area contributed by atoms with Gasteiger partial charge < -0.3 is 4.74 Å². The predicted molar refractivity (Wildman–Crippen MR) is 62.2 cm³/mol. The summed E-state index contributed by atoms with van der Waals surface area (Å²) < 4.78 is 27.3. The fourth-order valence-corrected chi connectivity index (χ4v) is 1.88. The van der Waals surface area contributed by atoms with E-state index in [1.54, 1.807) is 30.5 Å². The van der Waals surface area contributed by atoms with Crippen LogP contribution in [0.25, 0.3) is 0 Å². The first-order valence-electron chi connectivity index (χ1n) is 3.99. The highest BCUT2D eigenvalue weighted by Crippen LogP contribution is 2.26. The lowest BCUT2D eigenvalue weighted by atomic mass is 10.3. The summed E-state index contributed by atoms with van der Waals surface area (Å²) in [6.45, 7) is 0. The van der Waals surface area contributed by atoms with Gasteiger partial charge in [0.2, 0.25) is 0 Å². The van der Waals surface area contributed by atoms with Gasteiger partial charge in [-0.15, -0.1) is 11.8 Å². The number of thioether (sulfide) groups is 1. The molecule has 5 nitrogen and oxygen atoms in total. The molecule has 0 bridgehead atoms. The molecule has 88 valence electrons. The Hall–Kier alpha value is -0.920. The Morgan fingerprint density at radius 2 is 2.06 bits per heavy atom. The fraction of sp³-hybridized carbons (Fsp3) is 0.125. The standard InChI is InChI=1S/C8H8ClNO4S2/c1-15-7-5-3-2-4-6(7)14-8(11)10-16(9,12)13/h2-5H,1H3,(H,10,11). The maximum Gasteiger partial charge on any atom is 0.427 e. The summed E-state index contributed by atoms with van der Waals surface area (Å²) in [6, 6.07) is 6.72. The highest BCUT2D eigenvalue weighted by Gasteiger charge is 2.13. The highest BCUT2D eigenvalue weighted by atomic mass is 35.7. The van der Waals surface area contributed by atoms with Crippen LogP contribution in [-0.4, -0.2) is 20.8 Å². The van der Waals surface area contributed by atoms with Crippen molar-refractivity contribution in [3.63, 3.8) is 0 Å². The Labute approximate surface area is 102 Å². The van der Waals surface area contributed by atoms with Crippen LogP contribution in [0, 0.1) is 0 Å². The molecule has 0 aromatic heterocycles. The van der Waals surface area contributed by atoms with E-state index in [2.05, 4.69) is 0 Å². The summed E-state index contributed by atoms with van der Waals surface area (Å²) in [7, 11) is 0.701. The Balaban J connectivity index is 2.77. The SMILES string of the molecule is CSc1ccccc1OC(=O)NS(=O)(=O)Cl. The summed E-state index contributed by atoms with van der Waals surface area (Å²) in [5, 5.41) is 0. The molecular weight excluding hydrogens is 274 g/mol. The molecule has 1 N–H and O–H groups in total. The lowest BCUT2D eigenvalue weighted by Crippen LogP contribution is -2.29. The number of nitrogens with one attached hydrogen (secondary N) is 1. The first-order chi connectivity index (χ1) is 7.42. The zero-order valence-corrected chi connectivity index (χ0v) is 10.5. The van der Waals surface area contributed by atoms with Crippen molar-refractivity contribution in [1.82, 2.24) is 4.72 Å². The van der Waals surface area contributed by atoms with E-state index in [1.165, 1.54) is 16.5 Å². The molecule has 1 amide bonds. The smallest absolute Gasteiger partial charge is 0.408 e. The van der Waals surface area contributed by atoms with E-state index >= 15 is 0 Å². The summed E-state index contributed by atoms with van der Waals surface area (Å²) in [5.41, 5.74) is 0. The monoisotopic (exact) mass is 281 g/mol. The maximum atomic E-state index is 11.1. The molecule has 0 atom stereocenters. The molecular formula is C8H8ClNO4S2. The molecule has 1 rings (SSSR count). The Bertz CT molecular complexity index is 489. The van der Waals surface area contributed by atoms with Gasteiger partial charge in [-0.25, -0.2) is 9.52 Å². The van der Waals surface area contributed by atoms with Crippen molar-refractivity contribution in [2.24, 2.45) is 0 Å². The van der Waals surface area contributed by atoms with Crippen molar-refractivity contribution in [1.29, 1.82) is 0 Å². The number of hydrogen-bond donors (Lipinski definition) is 1. The van der Waals surface area contributed by atoms with Crippen LogP contribution in [0.4, 0.5) is 4.79 Å². The van der Waals surface area contributed by atoms with Crippen LogP contribution in [0.3, 0.4) is 0 Å². The molecule has 16 heavy (non-hydrogen) atoms. The number of benzene rings is 1.